The van der Waals surface area contributed by atoms with Gasteiger partial charge in [-0.25, -0.2) is 0 Å². The van der Waals surface area contributed by atoms with E-state index in [-0.39, 0.29) is 6.10 Å². The highest BCUT2D eigenvalue weighted by atomic mass is 16.7. The summed E-state index contributed by atoms with van der Waals surface area (Å²) in [6.45, 7) is 2.58. The second-order valence-corrected chi connectivity index (χ2v) is 3.79. The fourth-order valence-corrected chi connectivity index (χ4v) is 1.34. The van der Waals surface area contributed by atoms with Crippen molar-refractivity contribution in [1.82, 2.24) is 5.48 Å². The van der Waals surface area contributed by atoms with Gasteiger partial charge in [-0.15, -0.1) is 0 Å². The zero-order valence-electron chi connectivity index (χ0n) is 10.3. The third kappa shape index (κ3) is 5.34. The van der Waals surface area contributed by atoms with E-state index in [2.05, 4.69) is 11.5 Å². The fourth-order valence-electron chi connectivity index (χ4n) is 1.34. The van der Waals surface area contributed by atoms with Crippen LogP contribution in [-0.2, 0) is 11.4 Å². The molecule has 1 unspecified atom stereocenters. The molecular weight excluding hydrogens is 216 g/mol. The second-order valence-electron chi connectivity index (χ2n) is 3.79. The Morgan fingerprint density at radius 2 is 2.06 bits per heavy atom. The van der Waals surface area contributed by atoms with Gasteiger partial charge in [0.25, 0.3) is 0 Å². The van der Waals surface area contributed by atoms with Gasteiger partial charge >= 0.3 is 0 Å². The second kappa shape index (κ2) is 7.66. The molecule has 0 spiro atoms. The fraction of sp³-hybridized carbons (Fsp3) is 0.462. The zero-order chi connectivity index (χ0) is 12.5. The maximum atomic E-state index is 8.43. The third-order valence-corrected chi connectivity index (χ3v) is 2.38. The predicted molar refractivity (Wildman–Crippen MR) is 65.2 cm³/mol. The first-order valence-electron chi connectivity index (χ1n) is 5.64. The molecule has 1 aromatic carbocycles. The number of nitrogens with zero attached hydrogens (tertiary/aromatic N) is 1. The maximum Gasteiger partial charge on any atom is 0.118 e. The molecular formula is C13H18N2O2. The highest BCUT2D eigenvalue weighted by Crippen LogP contribution is 2.11. The van der Waals surface area contributed by atoms with E-state index < -0.39 is 0 Å². The molecule has 1 rings (SSSR count). The molecule has 0 aliphatic rings. The third-order valence-electron chi connectivity index (χ3n) is 2.38. The van der Waals surface area contributed by atoms with Crippen LogP contribution < -0.4 is 10.2 Å². The number of benzene rings is 1. The van der Waals surface area contributed by atoms with E-state index in [4.69, 9.17) is 14.8 Å². The zero-order valence-corrected chi connectivity index (χ0v) is 10.3. The molecule has 0 aliphatic heterocycles. The average molecular weight is 234 g/mol. The van der Waals surface area contributed by atoms with Gasteiger partial charge in [-0.1, -0.05) is 12.1 Å². The Kier molecular flexibility index (Phi) is 6.08. The van der Waals surface area contributed by atoms with Gasteiger partial charge in [0.1, 0.15) is 5.75 Å². The van der Waals surface area contributed by atoms with Crippen molar-refractivity contribution in [2.75, 3.05) is 7.11 Å². The Bertz CT molecular complexity index is 357. The van der Waals surface area contributed by atoms with Crippen molar-refractivity contribution in [1.29, 1.82) is 5.26 Å². The summed E-state index contributed by atoms with van der Waals surface area (Å²) in [6, 6.07) is 9.89. The Morgan fingerprint density at radius 3 is 2.65 bits per heavy atom. The first kappa shape index (κ1) is 13.5. The average Bonchev–Trinajstić information content (AvgIpc) is 2.37. The quantitative estimate of drug-likeness (QED) is 0.736. The topological polar surface area (TPSA) is 54.3 Å². The van der Waals surface area contributed by atoms with Crippen molar-refractivity contribution in [3.8, 4) is 11.8 Å². The summed E-state index contributed by atoms with van der Waals surface area (Å²) in [5.41, 5.74) is 4.02. The highest BCUT2D eigenvalue weighted by Gasteiger charge is 2.01. The summed E-state index contributed by atoms with van der Waals surface area (Å²) in [6.07, 6.45) is 1.31. The van der Waals surface area contributed by atoms with Crippen molar-refractivity contribution in [3.63, 3.8) is 0 Å². The molecule has 17 heavy (non-hydrogen) atoms. The van der Waals surface area contributed by atoms with Crippen molar-refractivity contribution in [2.45, 2.75) is 32.4 Å². The molecule has 4 nitrogen and oxygen atoms in total. The maximum absolute atomic E-state index is 8.43. The van der Waals surface area contributed by atoms with E-state index in [0.29, 0.717) is 13.0 Å². The van der Waals surface area contributed by atoms with Crippen molar-refractivity contribution in [3.05, 3.63) is 29.8 Å². The smallest absolute Gasteiger partial charge is 0.118 e. The minimum absolute atomic E-state index is 0.0490. The van der Waals surface area contributed by atoms with Crippen LogP contribution in [0.15, 0.2) is 24.3 Å². The monoisotopic (exact) mass is 234 g/mol. The van der Waals surface area contributed by atoms with Gasteiger partial charge < -0.3 is 4.74 Å². The van der Waals surface area contributed by atoms with Crippen molar-refractivity contribution < 1.29 is 9.57 Å². The van der Waals surface area contributed by atoms with Gasteiger partial charge in [-0.2, -0.15) is 10.7 Å². The number of methoxy groups -OCH3 is 1. The van der Waals surface area contributed by atoms with Crippen LogP contribution in [-0.4, -0.2) is 13.2 Å². The van der Waals surface area contributed by atoms with E-state index in [9.17, 15) is 0 Å². The van der Waals surface area contributed by atoms with Gasteiger partial charge in [0, 0.05) is 13.0 Å². The summed E-state index contributed by atoms with van der Waals surface area (Å²) in [5, 5.41) is 8.43. The summed E-state index contributed by atoms with van der Waals surface area (Å²) >= 11 is 0. The molecule has 0 aliphatic carbocycles. The van der Waals surface area contributed by atoms with E-state index in [1.54, 1.807) is 7.11 Å². The van der Waals surface area contributed by atoms with Crippen LogP contribution in [0.2, 0.25) is 0 Å². The lowest BCUT2D eigenvalue weighted by Gasteiger charge is -2.12. The lowest BCUT2D eigenvalue weighted by Crippen LogP contribution is -2.21. The molecule has 0 saturated carbocycles. The SMILES string of the molecule is COc1ccc(CNOC(C)CCC#N)cc1. The Balaban J connectivity index is 2.23. The summed E-state index contributed by atoms with van der Waals surface area (Å²) in [5.74, 6) is 0.844. The van der Waals surface area contributed by atoms with Gasteiger partial charge in [-0.05, 0) is 31.0 Å². The van der Waals surface area contributed by atoms with Crippen LogP contribution in [0.1, 0.15) is 25.3 Å². The first-order valence-corrected chi connectivity index (χ1v) is 5.64. The van der Waals surface area contributed by atoms with Crippen molar-refractivity contribution in [2.24, 2.45) is 0 Å². The lowest BCUT2D eigenvalue weighted by atomic mass is 10.2. The summed E-state index contributed by atoms with van der Waals surface area (Å²) in [4.78, 5) is 5.37. The molecule has 0 bridgehead atoms. The van der Waals surface area contributed by atoms with Crippen LogP contribution in [0.4, 0.5) is 0 Å². The molecule has 0 radical (unpaired) electrons. The normalized spacial score (nSPS) is 11.8. The molecule has 1 aromatic rings. The first-order chi connectivity index (χ1) is 8.26. The van der Waals surface area contributed by atoms with Crippen molar-refractivity contribution >= 4 is 0 Å². The van der Waals surface area contributed by atoms with Gasteiger partial charge in [-0.3, -0.25) is 4.84 Å². The number of hydrogen-bond donors (Lipinski definition) is 1. The number of nitriles is 1. The van der Waals surface area contributed by atoms with Gasteiger partial charge in [0.05, 0.1) is 19.3 Å². The van der Waals surface area contributed by atoms with E-state index >= 15 is 0 Å². The van der Waals surface area contributed by atoms with Crippen LogP contribution in [0.5, 0.6) is 5.75 Å². The lowest BCUT2D eigenvalue weighted by molar-refractivity contribution is -0.0218. The number of hydroxylamine groups is 1. The predicted octanol–water partition coefficient (Wildman–Crippen LogP) is 2.41. The number of rotatable bonds is 7. The largest absolute Gasteiger partial charge is 0.497 e. The molecule has 0 fully saturated rings. The molecule has 0 amide bonds. The van der Waals surface area contributed by atoms with E-state index in [1.165, 1.54) is 0 Å². The Labute approximate surface area is 102 Å². The molecule has 1 N–H and O–H groups in total. The minimum Gasteiger partial charge on any atom is -0.497 e. The molecule has 92 valence electrons. The molecule has 0 saturated heterocycles. The van der Waals surface area contributed by atoms with Gasteiger partial charge in [0.2, 0.25) is 0 Å². The summed E-state index contributed by atoms with van der Waals surface area (Å²) in [7, 11) is 1.65. The molecule has 1 atom stereocenters. The van der Waals surface area contributed by atoms with E-state index in [1.807, 2.05) is 31.2 Å². The van der Waals surface area contributed by atoms with Gasteiger partial charge in [0.15, 0.2) is 0 Å². The number of nitrogens with one attached hydrogen (secondary N) is 1. The summed E-state index contributed by atoms with van der Waals surface area (Å²) < 4.78 is 5.07. The minimum atomic E-state index is 0.0490. The molecule has 0 aromatic heterocycles. The molecule has 0 heterocycles. The number of ether oxygens (including phenoxy) is 1. The van der Waals surface area contributed by atoms with Crippen LogP contribution in [0, 0.1) is 11.3 Å². The van der Waals surface area contributed by atoms with E-state index in [0.717, 1.165) is 17.7 Å². The Morgan fingerprint density at radius 1 is 1.35 bits per heavy atom. The van der Waals surface area contributed by atoms with Crippen LogP contribution >= 0.6 is 0 Å². The Hall–Kier alpha value is -1.57. The number of hydrogen-bond acceptors (Lipinski definition) is 4. The molecule has 4 heteroatoms. The van der Waals surface area contributed by atoms with Crippen LogP contribution in [0.3, 0.4) is 0 Å². The van der Waals surface area contributed by atoms with Crippen LogP contribution in [0.25, 0.3) is 0 Å². The standard InChI is InChI=1S/C13H18N2O2/c1-11(4-3-9-14)17-15-10-12-5-7-13(16-2)8-6-12/h5-8,11,15H,3-4,10H2,1-2H3. The highest BCUT2D eigenvalue weighted by molar-refractivity contribution is 5.26.